The molecule has 0 aromatic rings. The van der Waals surface area contributed by atoms with Crippen molar-refractivity contribution in [1.82, 2.24) is 10.2 Å². The molecule has 2 fully saturated rings. The van der Waals surface area contributed by atoms with Gasteiger partial charge in [0.2, 0.25) is 5.91 Å². The van der Waals surface area contributed by atoms with Gasteiger partial charge in [-0.3, -0.25) is 4.79 Å². The minimum atomic E-state index is 0.123. The van der Waals surface area contributed by atoms with Crippen molar-refractivity contribution in [2.45, 2.75) is 27.2 Å². The highest BCUT2D eigenvalue weighted by Crippen LogP contribution is 2.35. The molecule has 0 aliphatic carbocycles. The number of hydrogen-bond acceptors (Lipinski definition) is 2. The maximum Gasteiger partial charge on any atom is 0.223 e. The van der Waals surface area contributed by atoms with Crippen LogP contribution in [0.2, 0.25) is 0 Å². The van der Waals surface area contributed by atoms with Gasteiger partial charge in [0.1, 0.15) is 0 Å². The van der Waals surface area contributed by atoms with Crippen molar-refractivity contribution >= 4 is 5.91 Å². The van der Waals surface area contributed by atoms with Crippen molar-refractivity contribution in [1.29, 1.82) is 0 Å². The Morgan fingerprint density at radius 2 is 1.93 bits per heavy atom. The minimum absolute atomic E-state index is 0.123. The van der Waals surface area contributed by atoms with Crippen LogP contribution in [0, 0.1) is 10.8 Å². The van der Waals surface area contributed by atoms with E-state index in [4.69, 9.17) is 0 Å². The molecule has 3 heteroatoms. The number of likely N-dealkylation sites (tertiary alicyclic amines) is 1. The maximum absolute atomic E-state index is 11.8. The Hall–Kier alpha value is -0.570. The van der Waals surface area contributed by atoms with Gasteiger partial charge < -0.3 is 10.2 Å². The van der Waals surface area contributed by atoms with Gasteiger partial charge in [0.25, 0.3) is 0 Å². The molecule has 0 saturated carbocycles. The number of carbonyl (C=O) groups excluding carboxylic acids is 1. The number of carbonyl (C=O) groups is 1. The standard InChI is InChI=1S/C11H20N2O/c1-10(2,3)4-9(14)13-7-11(8-13)5-12-6-11/h12H,4-8H2,1-3H3. The van der Waals surface area contributed by atoms with Crippen LogP contribution in [-0.4, -0.2) is 37.0 Å². The lowest BCUT2D eigenvalue weighted by Gasteiger charge is -2.56. The highest BCUT2D eigenvalue weighted by Gasteiger charge is 2.49. The van der Waals surface area contributed by atoms with Crippen LogP contribution in [0.3, 0.4) is 0 Å². The second-order valence-corrected chi connectivity index (χ2v) is 6.09. The molecule has 1 spiro atoms. The van der Waals surface area contributed by atoms with E-state index < -0.39 is 0 Å². The van der Waals surface area contributed by atoms with E-state index in [0.29, 0.717) is 17.7 Å². The van der Waals surface area contributed by atoms with E-state index in [1.54, 1.807) is 0 Å². The second-order valence-electron chi connectivity index (χ2n) is 6.09. The van der Waals surface area contributed by atoms with Crippen molar-refractivity contribution in [2.24, 2.45) is 10.8 Å². The summed E-state index contributed by atoms with van der Waals surface area (Å²) in [6, 6.07) is 0. The molecule has 2 rings (SSSR count). The van der Waals surface area contributed by atoms with Crippen molar-refractivity contribution in [3.8, 4) is 0 Å². The van der Waals surface area contributed by atoms with Crippen LogP contribution in [0.25, 0.3) is 0 Å². The Bertz CT molecular complexity index is 243. The van der Waals surface area contributed by atoms with Crippen LogP contribution in [0.15, 0.2) is 0 Å². The molecule has 2 aliphatic rings. The van der Waals surface area contributed by atoms with Crippen LogP contribution in [0.4, 0.5) is 0 Å². The first-order valence-electron chi connectivity index (χ1n) is 5.39. The maximum atomic E-state index is 11.8. The molecule has 80 valence electrons. The Labute approximate surface area is 85.8 Å². The van der Waals surface area contributed by atoms with Crippen molar-refractivity contribution in [2.75, 3.05) is 26.2 Å². The summed E-state index contributed by atoms with van der Waals surface area (Å²) in [7, 11) is 0. The van der Waals surface area contributed by atoms with E-state index in [9.17, 15) is 4.79 Å². The van der Waals surface area contributed by atoms with Crippen LogP contribution >= 0.6 is 0 Å². The van der Waals surface area contributed by atoms with Crippen molar-refractivity contribution < 1.29 is 4.79 Å². The second kappa shape index (κ2) is 2.96. The zero-order valence-electron chi connectivity index (χ0n) is 9.39. The summed E-state index contributed by atoms with van der Waals surface area (Å²) in [5.41, 5.74) is 0.589. The van der Waals surface area contributed by atoms with Crippen LogP contribution in [-0.2, 0) is 4.79 Å². The van der Waals surface area contributed by atoms with E-state index in [1.807, 2.05) is 4.90 Å². The molecule has 0 atom stereocenters. The van der Waals surface area contributed by atoms with E-state index in [2.05, 4.69) is 26.1 Å². The fourth-order valence-corrected chi connectivity index (χ4v) is 2.21. The number of rotatable bonds is 1. The third-order valence-electron chi connectivity index (χ3n) is 3.09. The Morgan fingerprint density at radius 1 is 1.36 bits per heavy atom. The monoisotopic (exact) mass is 196 g/mol. The zero-order chi connectivity index (χ0) is 10.4. The molecular formula is C11H20N2O. The molecule has 0 aromatic heterocycles. The third-order valence-corrected chi connectivity index (χ3v) is 3.09. The van der Waals surface area contributed by atoms with Gasteiger partial charge in [-0.15, -0.1) is 0 Å². The molecule has 1 N–H and O–H groups in total. The molecule has 1 amide bonds. The zero-order valence-corrected chi connectivity index (χ0v) is 9.39. The molecule has 0 radical (unpaired) electrons. The Balaban J connectivity index is 1.79. The van der Waals surface area contributed by atoms with E-state index >= 15 is 0 Å². The Kier molecular flexibility index (Phi) is 2.11. The molecule has 14 heavy (non-hydrogen) atoms. The fourth-order valence-electron chi connectivity index (χ4n) is 2.21. The van der Waals surface area contributed by atoms with Crippen molar-refractivity contribution in [3.63, 3.8) is 0 Å². The van der Waals surface area contributed by atoms with Gasteiger partial charge in [-0.25, -0.2) is 0 Å². The lowest BCUT2D eigenvalue weighted by atomic mass is 9.74. The summed E-state index contributed by atoms with van der Waals surface area (Å²) in [4.78, 5) is 13.8. The van der Waals surface area contributed by atoms with Crippen LogP contribution < -0.4 is 5.32 Å². The summed E-state index contributed by atoms with van der Waals surface area (Å²) in [6.07, 6.45) is 0.677. The fraction of sp³-hybridized carbons (Fsp3) is 0.909. The summed E-state index contributed by atoms with van der Waals surface area (Å²) in [6.45, 7) is 10.5. The van der Waals surface area contributed by atoms with Gasteiger partial charge in [-0.2, -0.15) is 0 Å². The molecule has 0 unspecified atom stereocenters. The van der Waals surface area contributed by atoms with Gasteiger partial charge in [0.05, 0.1) is 0 Å². The average molecular weight is 196 g/mol. The average Bonchev–Trinajstić information content (AvgIpc) is 1.74. The van der Waals surface area contributed by atoms with E-state index in [-0.39, 0.29) is 5.41 Å². The summed E-state index contributed by atoms with van der Waals surface area (Å²) in [5, 5.41) is 3.27. The predicted octanol–water partition coefficient (Wildman–Crippen LogP) is 0.854. The normalized spacial score (nSPS) is 24.4. The van der Waals surface area contributed by atoms with Gasteiger partial charge in [0, 0.05) is 38.0 Å². The number of amides is 1. The van der Waals surface area contributed by atoms with Gasteiger partial charge in [-0.1, -0.05) is 20.8 Å². The number of hydrogen-bond donors (Lipinski definition) is 1. The van der Waals surface area contributed by atoms with E-state index in [1.165, 1.54) is 0 Å². The highest BCUT2D eigenvalue weighted by molar-refractivity contribution is 5.78. The molecule has 2 aliphatic heterocycles. The first-order valence-corrected chi connectivity index (χ1v) is 5.39. The van der Waals surface area contributed by atoms with Gasteiger partial charge >= 0.3 is 0 Å². The number of nitrogens with one attached hydrogen (secondary N) is 1. The smallest absolute Gasteiger partial charge is 0.223 e. The predicted molar refractivity (Wildman–Crippen MR) is 56.0 cm³/mol. The summed E-state index contributed by atoms with van der Waals surface area (Å²) < 4.78 is 0. The van der Waals surface area contributed by atoms with Crippen LogP contribution in [0.1, 0.15) is 27.2 Å². The molecule has 2 saturated heterocycles. The van der Waals surface area contributed by atoms with Crippen LogP contribution in [0.5, 0.6) is 0 Å². The van der Waals surface area contributed by atoms with Gasteiger partial charge in [0.15, 0.2) is 0 Å². The first kappa shape index (κ1) is 9.97. The van der Waals surface area contributed by atoms with Gasteiger partial charge in [-0.05, 0) is 5.41 Å². The molecule has 2 heterocycles. The summed E-state index contributed by atoms with van der Waals surface area (Å²) >= 11 is 0. The SMILES string of the molecule is CC(C)(C)CC(=O)N1CC2(CNC2)C1. The third kappa shape index (κ3) is 1.78. The topological polar surface area (TPSA) is 32.3 Å². The first-order chi connectivity index (χ1) is 6.40. The lowest BCUT2D eigenvalue weighted by Crippen LogP contribution is -2.72. The Morgan fingerprint density at radius 3 is 2.29 bits per heavy atom. The minimum Gasteiger partial charge on any atom is -0.341 e. The van der Waals surface area contributed by atoms with E-state index in [0.717, 1.165) is 26.2 Å². The number of nitrogens with zero attached hydrogens (tertiary/aromatic N) is 1. The molecule has 0 aromatic carbocycles. The molecular weight excluding hydrogens is 176 g/mol. The molecule has 0 bridgehead atoms. The largest absolute Gasteiger partial charge is 0.341 e. The van der Waals surface area contributed by atoms with Crippen molar-refractivity contribution in [3.05, 3.63) is 0 Å². The quantitative estimate of drug-likeness (QED) is 0.674. The highest BCUT2D eigenvalue weighted by atomic mass is 16.2. The summed E-state index contributed by atoms with van der Waals surface area (Å²) in [5.74, 6) is 0.329. The lowest BCUT2D eigenvalue weighted by molar-refractivity contribution is -0.148. The molecule has 3 nitrogen and oxygen atoms in total.